The zero-order valence-corrected chi connectivity index (χ0v) is 15.9. The molecule has 3 nitrogen and oxygen atoms in total. The van der Waals surface area contributed by atoms with Crippen molar-refractivity contribution < 1.29 is 9.47 Å². The van der Waals surface area contributed by atoms with Gasteiger partial charge in [0.15, 0.2) is 0 Å². The summed E-state index contributed by atoms with van der Waals surface area (Å²) in [5.41, 5.74) is 3.48. The van der Waals surface area contributed by atoms with E-state index in [1.54, 1.807) is 14.2 Å². The van der Waals surface area contributed by atoms with E-state index in [0.717, 1.165) is 46.1 Å². The molecule has 0 fully saturated rings. The standard InChI is InChI=1S/C18H21BrClNO2/c1-12-6-13(8-15(20)7-12)11-21-5-4-14-9-18(23-3)16(19)10-17(14)22-2/h6-10,21H,4-5,11H2,1-3H3. The van der Waals surface area contributed by atoms with Gasteiger partial charge in [0.25, 0.3) is 0 Å². The second-order valence-electron chi connectivity index (χ2n) is 5.36. The molecule has 0 aliphatic carbocycles. The Labute approximate surface area is 151 Å². The summed E-state index contributed by atoms with van der Waals surface area (Å²) in [5.74, 6) is 1.67. The molecule has 0 spiro atoms. The summed E-state index contributed by atoms with van der Waals surface area (Å²) in [6.45, 7) is 3.68. The van der Waals surface area contributed by atoms with Crippen LogP contribution in [0.4, 0.5) is 0 Å². The molecular weight excluding hydrogens is 378 g/mol. The van der Waals surface area contributed by atoms with Gasteiger partial charge in [-0.15, -0.1) is 0 Å². The van der Waals surface area contributed by atoms with Crippen molar-refractivity contribution >= 4 is 27.5 Å². The van der Waals surface area contributed by atoms with Gasteiger partial charge >= 0.3 is 0 Å². The molecule has 5 heteroatoms. The minimum atomic E-state index is 0.779. The molecule has 2 aromatic carbocycles. The SMILES string of the molecule is COc1cc(CCNCc2cc(C)cc(Cl)c2)c(OC)cc1Br. The first-order chi connectivity index (χ1) is 11.0. The van der Waals surface area contributed by atoms with Crippen LogP contribution < -0.4 is 14.8 Å². The van der Waals surface area contributed by atoms with Crippen molar-refractivity contribution in [2.45, 2.75) is 19.9 Å². The van der Waals surface area contributed by atoms with Crippen molar-refractivity contribution in [2.24, 2.45) is 0 Å². The lowest BCUT2D eigenvalue weighted by Crippen LogP contribution is -2.17. The molecule has 0 saturated carbocycles. The Hall–Kier alpha value is -1.23. The largest absolute Gasteiger partial charge is 0.496 e. The Morgan fingerprint density at radius 1 is 1.04 bits per heavy atom. The van der Waals surface area contributed by atoms with E-state index in [9.17, 15) is 0 Å². The topological polar surface area (TPSA) is 30.5 Å². The first kappa shape index (κ1) is 18.1. The molecule has 0 bridgehead atoms. The van der Waals surface area contributed by atoms with E-state index in [1.165, 1.54) is 11.1 Å². The number of hydrogen-bond donors (Lipinski definition) is 1. The molecule has 0 radical (unpaired) electrons. The molecule has 2 rings (SSSR count). The van der Waals surface area contributed by atoms with Gasteiger partial charge in [0.2, 0.25) is 0 Å². The average molecular weight is 399 g/mol. The molecule has 124 valence electrons. The Kier molecular flexibility index (Phi) is 6.75. The van der Waals surface area contributed by atoms with Crippen LogP contribution in [0.15, 0.2) is 34.8 Å². The Bertz CT molecular complexity index is 656. The van der Waals surface area contributed by atoms with Crippen LogP contribution in [-0.4, -0.2) is 20.8 Å². The van der Waals surface area contributed by atoms with Crippen molar-refractivity contribution in [3.05, 3.63) is 56.5 Å². The van der Waals surface area contributed by atoms with Gasteiger partial charge in [0.1, 0.15) is 11.5 Å². The van der Waals surface area contributed by atoms with Gasteiger partial charge in [-0.25, -0.2) is 0 Å². The number of ether oxygens (including phenoxy) is 2. The van der Waals surface area contributed by atoms with Gasteiger partial charge < -0.3 is 14.8 Å². The highest BCUT2D eigenvalue weighted by Gasteiger charge is 2.09. The summed E-state index contributed by atoms with van der Waals surface area (Å²) in [6, 6.07) is 10.0. The first-order valence-corrected chi connectivity index (χ1v) is 8.57. The minimum Gasteiger partial charge on any atom is -0.496 e. The quantitative estimate of drug-likeness (QED) is 0.682. The van der Waals surface area contributed by atoms with Crippen LogP contribution in [0.3, 0.4) is 0 Å². The lowest BCUT2D eigenvalue weighted by atomic mass is 10.1. The molecule has 0 saturated heterocycles. The van der Waals surface area contributed by atoms with Crippen LogP contribution in [-0.2, 0) is 13.0 Å². The molecule has 1 N–H and O–H groups in total. The Morgan fingerprint density at radius 2 is 1.78 bits per heavy atom. The predicted octanol–water partition coefficient (Wildman–Crippen LogP) is 4.76. The van der Waals surface area contributed by atoms with Gasteiger partial charge in [-0.1, -0.05) is 17.7 Å². The smallest absolute Gasteiger partial charge is 0.133 e. The highest BCUT2D eigenvalue weighted by atomic mass is 79.9. The summed E-state index contributed by atoms with van der Waals surface area (Å²) < 4.78 is 11.7. The maximum absolute atomic E-state index is 6.08. The van der Waals surface area contributed by atoms with E-state index in [2.05, 4.69) is 27.3 Å². The second-order valence-corrected chi connectivity index (χ2v) is 6.65. The van der Waals surface area contributed by atoms with Crippen LogP contribution in [0.1, 0.15) is 16.7 Å². The van der Waals surface area contributed by atoms with E-state index in [-0.39, 0.29) is 0 Å². The second kappa shape index (κ2) is 8.57. The normalized spacial score (nSPS) is 10.7. The molecule has 0 aliphatic rings. The number of hydrogen-bond acceptors (Lipinski definition) is 3. The highest BCUT2D eigenvalue weighted by molar-refractivity contribution is 9.10. The van der Waals surface area contributed by atoms with Crippen LogP contribution in [0.2, 0.25) is 5.02 Å². The lowest BCUT2D eigenvalue weighted by Gasteiger charge is -2.13. The Balaban J connectivity index is 1.95. The van der Waals surface area contributed by atoms with Crippen molar-refractivity contribution in [3.8, 4) is 11.5 Å². The minimum absolute atomic E-state index is 0.779. The van der Waals surface area contributed by atoms with Gasteiger partial charge in [-0.3, -0.25) is 0 Å². The predicted molar refractivity (Wildman–Crippen MR) is 98.8 cm³/mol. The van der Waals surface area contributed by atoms with Crippen LogP contribution >= 0.6 is 27.5 Å². The van der Waals surface area contributed by atoms with E-state index in [4.69, 9.17) is 21.1 Å². The van der Waals surface area contributed by atoms with Gasteiger partial charge in [0.05, 0.1) is 18.7 Å². The average Bonchev–Trinajstić information content (AvgIpc) is 2.51. The molecule has 0 heterocycles. The third-order valence-electron chi connectivity index (χ3n) is 3.56. The maximum atomic E-state index is 6.08. The zero-order chi connectivity index (χ0) is 16.8. The number of aryl methyl sites for hydroxylation is 1. The molecule has 0 unspecified atom stereocenters. The maximum Gasteiger partial charge on any atom is 0.133 e. The molecule has 2 aromatic rings. The number of nitrogens with one attached hydrogen (secondary N) is 1. The first-order valence-electron chi connectivity index (χ1n) is 7.40. The van der Waals surface area contributed by atoms with Crippen molar-refractivity contribution in [2.75, 3.05) is 20.8 Å². The fraction of sp³-hybridized carbons (Fsp3) is 0.333. The fourth-order valence-corrected chi connectivity index (χ4v) is 3.29. The molecular formula is C18H21BrClNO2. The third kappa shape index (κ3) is 5.13. The van der Waals surface area contributed by atoms with Gasteiger partial charge in [-0.05, 0) is 76.8 Å². The molecule has 23 heavy (non-hydrogen) atoms. The summed E-state index contributed by atoms with van der Waals surface area (Å²) >= 11 is 9.56. The van der Waals surface area contributed by atoms with Crippen molar-refractivity contribution in [3.63, 3.8) is 0 Å². The number of halogens is 2. The highest BCUT2D eigenvalue weighted by Crippen LogP contribution is 2.32. The van der Waals surface area contributed by atoms with Gasteiger partial charge in [0, 0.05) is 11.6 Å². The number of methoxy groups -OCH3 is 2. The third-order valence-corrected chi connectivity index (χ3v) is 4.39. The van der Waals surface area contributed by atoms with E-state index >= 15 is 0 Å². The van der Waals surface area contributed by atoms with Crippen LogP contribution in [0, 0.1) is 6.92 Å². The monoisotopic (exact) mass is 397 g/mol. The molecule has 0 amide bonds. The van der Waals surface area contributed by atoms with Crippen LogP contribution in [0.25, 0.3) is 0 Å². The van der Waals surface area contributed by atoms with Crippen molar-refractivity contribution in [1.29, 1.82) is 0 Å². The molecule has 0 aliphatic heterocycles. The molecule has 0 aromatic heterocycles. The lowest BCUT2D eigenvalue weighted by molar-refractivity contribution is 0.396. The fourth-order valence-electron chi connectivity index (χ4n) is 2.49. The van der Waals surface area contributed by atoms with E-state index in [0.29, 0.717) is 0 Å². The summed E-state index contributed by atoms with van der Waals surface area (Å²) in [5, 5.41) is 4.22. The summed E-state index contributed by atoms with van der Waals surface area (Å²) in [7, 11) is 3.34. The zero-order valence-electron chi connectivity index (χ0n) is 13.6. The Morgan fingerprint density at radius 3 is 2.43 bits per heavy atom. The number of benzene rings is 2. The van der Waals surface area contributed by atoms with E-state index < -0.39 is 0 Å². The van der Waals surface area contributed by atoms with Crippen LogP contribution in [0.5, 0.6) is 11.5 Å². The summed E-state index contributed by atoms with van der Waals surface area (Å²) in [4.78, 5) is 0. The summed E-state index contributed by atoms with van der Waals surface area (Å²) in [6.07, 6.45) is 0.854. The van der Waals surface area contributed by atoms with Gasteiger partial charge in [-0.2, -0.15) is 0 Å². The number of rotatable bonds is 7. The molecule has 0 atom stereocenters. The van der Waals surface area contributed by atoms with E-state index in [1.807, 2.05) is 31.2 Å². The van der Waals surface area contributed by atoms with Crippen molar-refractivity contribution in [1.82, 2.24) is 5.32 Å².